The van der Waals surface area contributed by atoms with Crippen molar-refractivity contribution < 1.29 is 71.6 Å². The number of carbonyl (C=O) groups excluding carboxylic acids is 2. The van der Waals surface area contributed by atoms with Crippen molar-refractivity contribution in [2.24, 2.45) is 5.92 Å². The van der Waals surface area contributed by atoms with Crippen molar-refractivity contribution in [1.29, 1.82) is 0 Å². The molecule has 1 fully saturated rings. The summed E-state index contributed by atoms with van der Waals surface area (Å²) in [6.07, 6.45) is -5.29. The summed E-state index contributed by atoms with van der Waals surface area (Å²) in [5, 5.41) is 2.09. The predicted octanol–water partition coefficient (Wildman–Crippen LogP) is 1.04. The Bertz CT molecular complexity index is 338. The van der Waals surface area contributed by atoms with Gasteiger partial charge in [0.2, 0.25) is 5.91 Å². The van der Waals surface area contributed by atoms with E-state index in [1.807, 2.05) is 0 Å². The van der Waals surface area contributed by atoms with Gasteiger partial charge in [-0.2, -0.15) is 13.2 Å². The van der Waals surface area contributed by atoms with Crippen LogP contribution in [0.3, 0.4) is 0 Å². The summed E-state index contributed by atoms with van der Waals surface area (Å²) in [6, 6.07) is 0. The fourth-order valence-corrected chi connectivity index (χ4v) is 1.73. The van der Waals surface area contributed by atoms with E-state index in [1.54, 1.807) is 0 Å². The fraction of sp³-hybridized carbons (Fsp3) is 0.778. The number of carbonyl (C=O) groups is 2. The maximum Gasteiger partial charge on any atom is 0.391 e. The molecule has 1 aliphatic heterocycles. The monoisotopic (exact) mass is 480 g/mol. The molecular formula is C9H12AcF3N2O3-. The van der Waals surface area contributed by atoms with Gasteiger partial charge < -0.3 is 15.8 Å². The van der Waals surface area contributed by atoms with Gasteiger partial charge in [0.05, 0.1) is 18.1 Å². The Kier molecular flexibility index (Phi) is 6.58. The normalized spacial score (nSPS) is 28.1. The van der Waals surface area contributed by atoms with Gasteiger partial charge in [0.15, 0.2) is 0 Å². The average Bonchev–Trinajstić information content (AvgIpc) is 2.20. The fourth-order valence-electron chi connectivity index (χ4n) is 1.73. The number of hydrogen-bond donors (Lipinski definition) is 1. The zero-order chi connectivity index (χ0) is 13.3. The molecule has 1 aliphatic rings. The molecule has 101 valence electrons. The van der Waals surface area contributed by atoms with Crippen molar-refractivity contribution in [3.8, 4) is 0 Å². The van der Waals surface area contributed by atoms with E-state index < -0.39 is 35.9 Å². The second kappa shape index (κ2) is 6.53. The van der Waals surface area contributed by atoms with Gasteiger partial charge in [-0.1, -0.05) is 0 Å². The third-order valence-corrected chi connectivity index (χ3v) is 2.59. The summed E-state index contributed by atoms with van der Waals surface area (Å²) < 4.78 is 42.5. The SMILES string of the molecule is CCOC(=O)C1([NH-])C(=O)NCCC1C(F)(F)F.[Ac]. The van der Waals surface area contributed by atoms with Crippen LogP contribution in [0, 0.1) is 50.0 Å². The number of halogens is 3. The van der Waals surface area contributed by atoms with Crippen LogP contribution in [-0.4, -0.2) is 36.7 Å². The molecule has 1 radical (unpaired) electrons. The molecule has 2 unspecified atom stereocenters. The number of alkyl halides is 3. The van der Waals surface area contributed by atoms with E-state index in [4.69, 9.17) is 5.73 Å². The maximum absolute atomic E-state index is 12.7. The van der Waals surface area contributed by atoms with Gasteiger partial charge in [0.1, 0.15) is 0 Å². The third kappa shape index (κ3) is 3.36. The molecular weight excluding hydrogens is 468 g/mol. The van der Waals surface area contributed by atoms with Crippen LogP contribution < -0.4 is 5.32 Å². The first-order valence-electron chi connectivity index (χ1n) is 5.01. The Morgan fingerprint density at radius 2 is 2.17 bits per heavy atom. The van der Waals surface area contributed by atoms with Crippen LogP contribution in [0.15, 0.2) is 0 Å². The number of rotatable bonds is 2. The zero-order valence-electron chi connectivity index (χ0n) is 9.63. The van der Waals surface area contributed by atoms with Crippen LogP contribution >= 0.6 is 0 Å². The van der Waals surface area contributed by atoms with Gasteiger partial charge >= 0.3 is 12.1 Å². The predicted molar refractivity (Wildman–Crippen MR) is 50.9 cm³/mol. The summed E-state index contributed by atoms with van der Waals surface area (Å²) in [5.74, 6) is -5.05. The summed E-state index contributed by atoms with van der Waals surface area (Å²) in [4.78, 5) is 22.8. The van der Waals surface area contributed by atoms with E-state index in [0.717, 1.165) is 0 Å². The van der Waals surface area contributed by atoms with Gasteiger partial charge in [0, 0.05) is 50.6 Å². The molecule has 0 aromatic rings. The quantitative estimate of drug-likeness (QED) is 0.474. The van der Waals surface area contributed by atoms with E-state index in [0.29, 0.717) is 0 Å². The van der Waals surface area contributed by atoms with Crippen LogP contribution in [0.25, 0.3) is 5.73 Å². The zero-order valence-corrected chi connectivity index (χ0v) is 14.4. The molecule has 0 aromatic heterocycles. The van der Waals surface area contributed by atoms with Gasteiger partial charge in [-0.3, -0.25) is 9.59 Å². The molecule has 1 amide bonds. The molecule has 2 N–H and O–H groups in total. The molecule has 0 bridgehead atoms. The molecule has 5 nitrogen and oxygen atoms in total. The topological polar surface area (TPSA) is 79.2 Å². The number of esters is 1. The number of ether oxygens (including phenoxy) is 1. The van der Waals surface area contributed by atoms with E-state index in [-0.39, 0.29) is 57.2 Å². The van der Waals surface area contributed by atoms with Crippen molar-refractivity contribution in [2.45, 2.75) is 25.1 Å². The van der Waals surface area contributed by atoms with Crippen molar-refractivity contribution >= 4 is 11.9 Å². The average molecular weight is 480 g/mol. The smallest absolute Gasteiger partial charge is 0.391 e. The van der Waals surface area contributed by atoms with Crippen molar-refractivity contribution in [3.63, 3.8) is 0 Å². The minimum absolute atomic E-state index is 0. The first kappa shape index (κ1) is 18.1. The Morgan fingerprint density at radius 1 is 1.61 bits per heavy atom. The number of hydrogen-bond acceptors (Lipinski definition) is 3. The molecule has 9 heteroatoms. The minimum atomic E-state index is -4.79. The molecule has 1 heterocycles. The Hall–Kier alpha value is 0.132. The number of nitrogens with one attached hydrogen (secondary N) is 2. The maximum atomic E-state index is 12.7. The van der Waals surface area contributed by atoms with E-state index in [2.05, 4.69) is 10.1 Å². The van der Waals surface area contributed by atoms with Gasteiger partial charge in [0.25, 0.3) is 0 Å². The van der Waals surface area contributed by atoms with Crippen LogP contribution in [0.2, 0.25) is 0 Å². The molecule has 2 atom stereocenters. The van der Waals surface area contributed by atoms with E-state index in [1.165, 1.54) is 6.92 Å². The minimum Gasteiger partial charge on any atom is -0.654 e. The van der Waals surface area contributed by atoms with E-state index in [9.17, 15) is 22.8 Å². The molecule has 0 saturated carbocycles. The summed E-state index contributed by atoms with van der Waals surface area (Å²) in [5.41, 5.74) is 4.60. The second-order valence-electron chi connectivity index (χ2n) is 3.67. The van der Waals surface area contributed by atoms with E-state index >= 15 is 0 Å². The van der Waals surface area contributed by atoms with Crippen LogP contribution in [-0.2, 0) is 14.3 Å². The molecule has 1 saturated heterocycles. The van der Waals surface area contributed by atoms with Gasteiger partial charge in [-0.05, 0) is 13.3 Å². The van der Waals surface area contributed by atoms with Crippen molar-refractivity contribution in [1.82, 2.24) is 5.32 Å². The number of piperidine rings is 1. The summed E-state index contributed by atoms with van der Waals surface area (Å²) in [6.45, 7) is 1.00. The van der Waals surface area contributed by atoms with Crippen LogP contribution in [0.4, 0.5) is 13.2 Å². The Labute approximate surface area is 138 Å². The third-order valence-electron chi connectivity index (χ3n) is 2.59. The molecule has 0 aliphatic carbocycles. The summed E-state index contributed by atoms with van der Waals surface area (Å²) >= 11 is 0. The molecule has 18 heavy (non-hydrogen) atoms. The van der Waals surface area contributed by atoms with Crippen molar-refractivity contribution in [3.05, 3.63) is 5.73 Å². The Morgan fingerprint density at radius 3 is 2.61 bits per heavy atom. The molecule has 0 spiro atoms. The Balaban J connectivity index is 0.00000289. The summed E-state index contributed by atoms with van der Waals surface area (Å²) in [7, 11) is 0. The van der Waals surface area contributed by atoms with Crippen LogP contribution in [0.5, 0.6) is 0 Å². The second-order valence-corrected chi connectivity index (χ2v) is 3.67. The standard InChI is InChI=1S/C9H12F3N2O3.Ac/c1-2-17-7(16)8(13)5(9(10,11)12)3-4-14-6(8)15;/h5,13H,2-4H2,1H3,(H,14,15);/q-1;. The van der Waals surface area contributed by atoms with Crippen molar-refractivity contribution in [2.75, 3.05) is 13.2 Å². The van der Waals surface area contributed by atoms with Gasteiger partial charge in [-0.15, -0.1) is 0 Å². The van der Waals surface area contributed by atoms with Crippen LogP contribution in [0.1, 0.15) is 13.3 Å². The van der Waals surface area contributed by atoms with Gasteiger partial charge in [-0.25, -0.2) is 0 Å². The molecule has 0 aromatic carbocycles. The first-order chi connectivity index (χ1) is 7.74. The first-order valence-corrected chi connectivity index (χ1v) is 5.01. The molecule has 1 rings (SSSR count). The number of amides is 1. The largest absolute Gasteiger partial charge is 0.654 e.